The van der Waals surface area contributed by atoms with Gasteiger partial charge in [-0.25, -0.2) is 0 Å². The Kier molecular flexibility index (Phi) is 3.89. The summed E-state index contributed by atoms with van der Waals surface area (Å²) in [6.07, 6.45) is 6.96. The molecule has 0 amide bonds. The fraction of sp³-hybridized carbons (Fsp3) is 0.400. The second-order valence-corrected chi connectivity index (χ2v) is 3.22. The summed E-state index contributed by atoms with van der Waals surface area (Å²) in [5, 5.41) is 12.8. The predicted molar refractivity (Wildman–Crippen MR) is 55.0 cm³/mol. The molecular weight excluding hydrogens is 194 g/mol. The molecule has 0 aliphatic rings. The molecule has 0 spiro atoms. The number of aryl methyl sites for hydroxylation is 1. The lowest BCUT2D eigenvalue weighted by Crippen LogP contribution is -2.29. The van der Waals surface area contributed by atoms with Gasteiger partial charge in [0.05, 0.1) is 18.8 Å². The molecular formula is C10H13N3O2. The number of carboxylic acid groups (broad SMARTS) is 1. The van der Waals surface area contributed by atoms with Crippen LogP contribution in [0.5, 0.6) is 0 Å². The van der Waals surface area contributed by atoms with Gasteiger partial charge in [0.15, 0.2) is 0 Å². The molecule has 0 atom stereocenters. The number of carbonyl (C=O) groups is 1. The number of nitrogens with zero attached hydrogens (tertiary/aromatic N) is 3. The summed E-state index contributed by atoms with van der Waals surface area (Å²) in [6.45, 7) is 0.695. The minimum atomic E-state index is -0.888. The number of aromatic nitrogens is 2. The first-order valence-electron chi connectivity index (χ1n) is 4.48. The Hall–Kier alpha value is -1.80. The van der Waals surface area contributed by atoms with Gasteiger partial charge in [0.1, 0.15) is 0 Å². The highest BCUT2D eigenvalue weighted by Crippen LogP contribution is 2.00. The molecule has 0 aliphatic heterocycles. The highest BCUT2D eigenvalue weighted by Gasteiger charge is 2.10. The Balaban J connectivity index is 2.58. The van der Waals surface area contributed by atoms with Crippen molar-refractivity contribution in [2.45, 2.75) is 6.54 Å². The van der Waals surface area contributed by atoms with Crippen molar-refractivity contribution in [3.05, 3.63) is 18.0 Å². The lowest BCUT2D eigenvalue weighted by atomic mass is 10.3. The third kappa shape index (κ3) is 3.83. The molecule has 1 N–H and O–H groups in total. The van der Waals surface area contributed by atoms with Crippen LogP contribution in [0.1, 0.15) is 5.69 Å². The quantitative estimate of drug-likeness (QED) is 0.687. The van der Waals surface area contributed by atoms with E-state index in [2.05, 4.69) is 11.0 Å². The molecule has 80 valence electrons. The van der Waals surface area contributed by atoms with Crippen LogP contribution in [0.15, 0.2) is 12.3 Å². The summed E-state index contributed by atoms with van der Waals surface area (Å²) in [4.78, 5) is 12.2. The Morgan fingerprint density at radius 1 is 1.80 bits per heavy atom. The Bertz CT molecular complexity index is 378. The third-order valence-corrected chi connectivity index (χ3v) is 1.83. The van der Waals surface area contributed by atoms with Gasteiger partial charge < -0.3 is 5.11 Å². The SMILES string of the molecule is C#CCN(CC(=O)O)Cc1ccn(C)n1. The van der Waals surface area contributed by atoms with Gasteiger partial charge in [-0.15, -0.1) is 6.42 Å². The predicted octanol–water partition coefficient (Wildman–Crippen LogP) is -0.0601. The first-order valence-corrected chi connectivity index (χ1v) is 4.48. The van der Waals surface area contributed by atoms with E-state index in [1.54, 1.807) is 9.58 Å². The topological polar surface area (TPSA) is 58.4 Å². The third-order valence-electron chi connectivity index (χ3n) is 1.83. The van der Waals surface area contributed by atoms with E-state index in [9.17, 15) is 4.79 Å². The minimum Gasteiger partial charge on any atom is -0.480 e. The van der Waals surface area contributed by atoms with Crippen molar-refractivity contribution in [3.8, 4) is 12.3 Å². The van der Waals surface area contributed by atoms with Gasteiger partial charge >= 0.3 is 5.97 Å². The van der Waals surface area contributed by atoms with Gasteiger partial charge in [-0.3, -0.25) is 14.4 Å². The average molecular weight is 207 g/mol. The molecule has 15 heavy (non-hydrogen) atoms. The van der Waals surface area contributed by atoms with Crippen molar-refractivity contribution in [1.82, 2.24) is 14.7 Å². The van der Waals surface area contributed by atoms with E-state index in [-0.39, 0.29) is 6.54 Å². The summed E-state index contributed by atoms with van der Waals surface area (Å²) in [5.41, 5.74) is 0.814. The highest BCUT2D eigenvalue weighted by atomic mass is 16.4. The van der Waals surface area contributed by atoms with E-state index >= 15 is 0 Å². The lowest BCUT2D eigenvalue weighted by molar-refractivity contribution is -0.138. The highest BCUT2D eigenvalue weighted by molar-refractivity contribution is 5.69. The fourth-order valence-electron chi connectivity index (χ4n) is 1.26. The van der Waals surface area contributed by atoms with E-state index in [0.717, 1.165) is 5.69 Å². The number of hydrogen-bond acceptors (Lipinski definition) is 3. The van der Waals surface area contributed by atoms with Gasteiger partial charge in [0, 0.05) is 19.8 Å². The van der Waals surface area contributed by atoms with E-state index in [1.165, 1.54) is 0 Å². The molecule has 5 heteroatoms. The first kappa shape index (κ1) is 11.3. The van der Waals surface area contributed by atoms with Gasteiger partial charge in [-0.05, 0) is 6.07 Å². The maximum Gasteiger partial charge on any atom is 0.317 e. The number of aliphatic carboxylic acids is 1. The van der Waals surface area contributed by atoms with Crippen LogP contribution < -0.4 is 0 Å². The maximum atomic E-state index is 10.5. The smallest absolute Gasteiger partial charge is 0.317 e. The maximum absolute atomic E-state index is 10.5. The molecule has 5 nitrogen and oxygen atoms in total. The molecule has 0 radical (unpaired) electrons. The van der Waals surface area contributed by atoms with Crippen LogP contribution in [-0.2, 0) is 18.4 Å². The van der Waals surface area contributed by atoms with E-state index < -0.39 is 5.97 Å². The Morgan fingerprint density at radius 2 is 2.53 bits per heavy atom. The van der Waals surface area contributed by atoms with Gasteiger partial charge in [0.25, 0.3) is 0 Å². The number of hydrogen-bond donors (Lipinski definition) is 1. The molecule has 1 rings (SSSR count). The van der Waals surface area contributed by atoms with Crippen molar-refractivity contribution < 1.29 is 9.90 Å². The van der Waals surface area contributed by atoms with Crippen molar-refractivity contribution in [2.24, 2.45) is 7.05 Å². The molecule has 0 aromatic carbocycles. The fourth-order valence-corrected chi connectivity index (χ4v) is 1.26. The van der Waals surface area contributed by atoms with Crippen molar-refractivity contribution in [1.29, 1.82) is 0 Å². The summed E-state index contributed by atoms with van der Waals surface area (Å²) < 4.78 is 1.67. The van der Waals surface area contributed by atoms with Crippen LogP contribution in [0.25, 0.3) is 0 Å². The lowest BCUT2D eigenvalue weighted by Gasteiger charge is -2.15. The van der Waals surface area contributed by atoms with Crippen LogP contribution in [-0.4, -0.2) is 38.8 Å². The Labute approximate surface area is 88.3 Å². The van der Waals surface area contributed by atoms with Crippen LogP contribution in [0.4, 0.5) is 0 Å². The molecule has 1 aromatic heterocycles. The zero-order valence-corrected chi connectivity index (χ0v) is 8.55. The summed E-state index contributed by atoms with van der Waals surface area (Å²) in [7, 11) is 1.81. The van der Waals surface area contributed by atoms with E-state index in [4.69, 9.17) is 11.5 Å². The largest absolute Gasteiger partial charge is 0.480 e. The zero-order chi connectivity index (χ0) is 11.3. The van der Waals surface area contributed by atoms with Crippen molar-refractivity contribution >= 4 is 5.97 Å². The number of rotatable bonds is 5. The Morgan fingerprint density at radius 3 is 3.00 bits per heavy atom. The second kappa shape index (κ2) is 5.17. The second-order valence-electron chi connectivity index (χ2n) is 3.22. The van der Waals surface area contributed by atoms with Crippen LogP contribution >= 0.6 is 0 Å². The van der Waals surface area contributed by atoms with Crippen LogP contribution in [0, 0.1) is 12.3 Å². The summed E-state index contributed by atoms with van der Waals surface area (Å²) in [6, 6.07) is 1.84. The van der Waals surface area contributed by atoms with Gasteiger partial charge in [-0.1, -0.05) is 5.92 Å². The molecule has 0 fully saturated rings. The molecule has 0 unspecified atom stereocenters. The standard InChI is InChI=1S/C10H13N3O2/c1-3-5-13(8-10(14)15)7-9-4-6-12(2)11-9/h1,4,6H,5,7-8H2,2H3,(H,14,15). The van der Waals surface area contributed by atoms with Gasteiger partial charge in [0.2, 0.25) is 0 Å². The number of carboxylic acids is 1. The molecule has 0 aliphatic carbocycles. The molecule has 1 heterocycles. The molecule has 1 aromatic rings. The molecule has 0 bridgehead atoms. The molecule has 0 saturated carbocycles. The van der Waals surface area contributed by atoms with Crippen LogP contribution in [0.3, 0.4) is 0 Å². The van der Waals surface area contributed by atoms with Crippen molar-refractivity contribution in [3.63, 3.8) is 0 Å². The zero-order valence-electron chi connectivity index (χ0n) is 8.55. The van der Waals surface area contributed by atoms with E-state index in [1.807, 2.05) is 19.3 Å². The molecule has 0 saturated heterocycles. The summed E-state index contributed by atoms with van der Waals surface area (Å²) in [5.74, 6) is 1.54. The minimum absolute atomic E-state index is 0.0687. The first-order chi connectivity index (χ1) is 7.11. The number of terminal acetylenes is 1. The average Bonchev–Trinajstić information content (AvgIpc) is 2.50. The normalized spacial score (nSPS) is 10.2. The summed E-state index contributed by atoms with van der Waals surface area (Å²) >= 11 is 0. The van der Waals surface area contributed by atoms with Crippen LogP contribution in [0.2, 0.25) is 0 Å². The monoisotopic (exact) mass is 207 g/mol. The van der Waals surface area contributed by atoms with Gasteiger partial charge in [-0.2, -0.15) is 5.10 Å². The van der Waals surface area contributed by atoms with Crippen molar-refractivity contribution in [2.75, 3.05) is 13.1 Å². The van der Waals surface area contributed by atoms with E-state index in [0.29, 0.717) is 13.1 Å².